The van der Waals surface area contributed by atoms with Gasteiger partial charge in [-0.15, -0.1) is 0 Å². The Labute approximate surface area is 319 Å². The van der Waals surface area contributed by atoms with Gasteiger partial charge in [0.05, 0.1) is 46.6 Å². The second-order valence-corrected chi connectivity index (χ2v) is 11.6. The second-order valence-electron chi connectivity index (χ2n) is 8.78. The molecule has 0 aromatic heterocycles. The summed E-state index contributed by atoms with van der Waals surface area (Å²) in [6, 6.07) is 8.86. The fraction of sp³-hybridized carbons (Fsp3) is 0.481. The fourth-order valence-electron chi connectivity index (χ4n) is 3.27. The van der Waals surface area contributed by atoms with Crippen LogP contribution >= 0.6 is 54.5 Å². The molecule has 2 amide bonds. The average Bonchev–Trinajstić information content (AvgIpc) is 3.57. The molecular formula is C27H34Br2F2IN8NaO5. The van der Waals surface area contributed by atoms with E-state index in [1.54, 1.807) is 18.2 Å². The smallest absolute Gasteiger partial charge is 0.444 e. The zero-order valence-corrected chi connectivity index (χ0v) is 33.4. The number of cyclic esters (lactones) is 2. The van der Waals surface area contributed by atoms with E-state index in [0.29, 0.717) is 33.5 Å². The van der Waals surface area contributed by atoms with Crippen LogP contribution in [0.4, 0.5) is 29.7 Å². The fourth-order valence-corrected chi connectivity index (χ4v) is 3.76. The van der Waals surface area contributed by atoms with Crippen LogP contribution in [0.15, 0.2) is 50.5 Å². The number of halogens is 5. The van der Waals surface area contributed by atoms with Gasteiger partial charge < -0.3 is 25.3 Å². The Balaban J connectivity index is 0. The van der Waals surface area contributed by atoms with Gasteiger partial charge in [0, 0.05) is 12.0 Å². The Kier molecular flexibility index (Phi) is 27.2. The van der Waals surface area contributed by atoms with Crippen molar-refractivity contribution in [2.75, 3.05) is 47.6 Å². The van der Waals surface area contributed by atoms with E-state index in [4.69, 9.17) is 30.8 Å². The van der Waals surface area contributed by atoms with Gasteiger partial charge in [0.15, 0.2) is 0 Å². The summed E-state index contributed by atoms with van der Waals surface area (Å²) in [5, 5.41) is 3.34. The Bertz CT molecular complexity index is 1310. The van der Waals surface area contributed by atoms with Crippen LogP contribution in [0.3, 0.4) is 0 Å². The normalized spacial score (nSPS) is 15.7. The molecular weight excluding hydrogens is 864 g/mol. The summed E-state index contributed by atoms with van der Waals surface area (Å²) < 4.78 is 43.7. The second kappa shape index (κ2) is 27.1. The predicted molar refractivity (Wildman–Crippen MR) is 185 cm³/mol. The van der Waals surface area contributed by atoms with Gasteiger partial charge in [-0.25, -0.2) is 18.4 Å². The van der Waals surface area contributed by atoms with E-state index in [1.165, 1.54) is 57.3 Å². The molecule has 19 heteroatoms. The molecule has 0 aliphatic carbocycles. The van der Waals surface area contributed by atoms with E-state index in [2.05, 4.69) is 85.2 Å². The Hall–Kier alpha value is -1.89. The first kappa shape index (κ1) is 46.2. The Morgan fingerprint density at radius 1 is 0.935 bits per heavy atom. The van der Waals surface area contributed by atoms with Crippen molar-refractivity contribution in [2.45, 2.75) is 45.8 Å². The number of azide groups is 1. The van der Waals surface area contributed by atoms with Crippen molar-refractivity contribution in [3.8, 4) is 0 Å². The van der Waals surface area contributed by atoms with Crippen LogP contribution in [-0.2, 0) is 14.2 Å². The number of hydrogen-bond acceptors (Lipinski definition) is 6. The third-order valence-corrected chi connectivity index (χ3v) is 7.43. The SMILES string of the molecule is CCC.CCCI.COC[C@H]1CN(c2ccc(Br)c(F)c2)C(=O)O1.[N-]=[N+]=NC[C@H]1CN(c2ccc(Br)c(F)c2)C(=O)O1.[N-]=[N+]=[N-].[Na+]. The van der Waals surface area contributed by atoms with E-state index in [-0.39, 0.29) is 48.8 Å². The molecule has 0 bridgehead atoms. The van der Waals surface area contributed by atoms with Crippen molar-refractivity contribution in [1.29, 1.82) is 0 Å². The summed E-state index contributed by atoms with van der Waals surface area (Å²) in [5.74, 6) is -0.871. The molecule has 248 valence electrons. The van der Waals surface area contributed by atoms with Crippen molar-refractivity contribution in [3.05, 3.63) is 83.4 Å². The summed E-state index contributed by atoms with van der Waals surface area (Å²) in [6.07, 6.45) is 0.698. The number of amides is 2. The molecule has 2 saturated heterocycles. The molecule has 2 aromatic rings. The Morgan fingerprint density at radius 3 is 1.67 bits per heavy atom. The first-order valence-corrected chi connectivity index (χ1v) is 16.5. The summed E-state index contributed by atoms with van der Waals surface area (Å²) >= 11 is 8.45. The third kappa shape index (κ3) is 17.3. The van der Waals surface area contributed by atoms with Crippen LogP contribution in [0.1, 0.15) is 33.6 Å². The minimum atomic E-state index is -0.574. The number of carbonyl (C=O) groups excluding carboxylic acids is 2. The van der Waals surface area contributed by atoms with Crippen LogP contribution in [0.5, 0.6) is 0 Å². The number of carbonyl (C=O) groups is 2. The Morgan fingerprint density at radius 2 is 1.33 bits per heavy atom. The van der Waals surface area contributed by atoms with Crippen LogP contribution in [0, 0.1) is 11.6 Å². The summed E-state index contributed by atoms with van der Waals surface area (Å²) in [6.45, 7) is 7.43. The average molecular weight is 898 g/mol. The minimum absolute atomic E-state index is 0. The number of hydrogen-bond donors (Lipinski definition) is 0. The molecule has 0 spiro atoms. The molecule has 0 unspecified atom stereocenters. The van der Waals surface area contributed by atoms with E-state index in [1.807, 2.05) is 0 Å². The van der Waals surface area contributed by atoms with Gasteiger partial charge in [-0.2, -0.15) is 0 Å². The van der Waals surface area contributed by atoms with Gasteiger partial charge in [-0.1, -0.05) is 54.9 Å². The molecule has 0 radical (unpaired) electrons. The van der Waals surface area contributed by atoms with Crippen molar-refractivity contribution in [1.82, 2.24) is 0 Å². The molecule has 0 saturated carbocycles. The van der Waals surface area contributed by atoms with Crippen LogP contribution < -0.4 is 39.4 Å². The van der Waals surface area contributed by atoms with E-state index in [0.717, 1.165) is 0 Å². The quantitative estimate of drug-likeness (QED) is 0.0733. The first-order chi connectivity index (χ1) is 21.5. The zero-order chi connectivity index (χ0) is 34.4. The number of alkyl halides is 1. The van der Waals surface area contributed by atoms with E-state index < -0.39 is 29.9 Å². The maximum atomic E-state index is 13.4. The van der Waals surface area contributed by atoms with E-state index in [9.17, 15) is 18.4 Å². The predicted octanol–water partition coefficient (Wildman–Crippen LogP) is 6.90. The van der Waals surface area contributed by atoms with Crippen molar-refractivity contribution in [3.63, 3.8) is 0 Å². The largest absolute Gasteiger partial charge is 1.00 e. The van der Waals surface area contributed by atoms with Crippen LogP contribution in [-0.4, -0.2) is 62.2 Å². The molecule has 2 fully saturated rings. The number of methoxy groups -OCH3 is 1. The standard InChI is InChI=1S/C11H11BrFNO3.C10H8BrFN4O2.C3H7I.C3H8.N3.Na/c1-16-6-8-5-14(11(15)17-8)7-2-3-9(12)10(13)4-7;11-8-2-1-6(3-9(8)12)16-5-7(4-14-15-13)18-10(16)17;1-2-3-4;2*1-3-2;/h2-4,8H,5-6H2,1H3;1-3,7H,4-5H2;2-3H2,1H3;3H2,1-2H3;;/q;;;;-1;+1/t8-;7-;;;;/m10..../s1. The first-order valence-electron chi connectivity index (χ1n) is 13.4. The van der Waals surface area contributed by atoms with Gasteiger partial charge >= 0.3 is 41.7 Å². The molecule has 2 aromatic carbocycles. The maximum absolute atomic E-state index is 13.4. The summed E-state index contributed by atoms with van der Waals surface area (Å²) in [5.41, 5.74) is 22.6. The van der Waals surface area contributed by atoms with Crippen molar-refractivity contribution >= 4 is 78.0 Å². The molecule has 2 aliphatic heterocycles. The minimum Gasteiger partial charge on any atom is -0.444 e. The molecule has 46 heavy (non-hydrogen) atoms. The monoisotopic (exact) mass is 896 g/mol. The maximum Gasteiger partial charge on any atom is 1.00 e. The van der Waals surface area contributed by atoms with Gasteiger partial charge in [-0.05, 0) is 84.6 Å². The van der Waals surface area contributed by atoms with Gasteiger partial charge in [-0.3, -0.25) is 14.7 Å². The van der Waals surface area contributed by atoms with E-state index >= 15 is 0 Å². The molecule has 4 rings (SSSR count). The number of nitrogens with zero attached hydrogens (tertiary/aromatic N) is 8. The summed E-state index contributed by atoms with van der Waals surface area (Å²) in [7, 11) is 1.54. The molecule has 0 N–H and O–H groups in total. The molecule has 2 aliphatic rings. The summed E-state index contributed by atoms with van der Waals surface area (Å²) in [4.78, 5) is 29.9. The number of anilines is 2. The molecule has 2 heterocycles. The number of benzene rings is 2. The number of rotatable bonds is 7. The van der Waals surface area contributed by atoms with Crippen molar-refractivity contribution < 1.29 is 62.1 Å². The van der Waals surface area contributed by atoms with Gasteiger partial charge in [0.1, 0.15) is 23.8 Å². The van der Waals surface area contributed by atoms with Crippen LogP contribution in [0.2, 0.25) is 0 Å². The molecule has 2 atom stereocenters. The topological polar surface area (TPSA) is 176 Å². The van der Waals surface area contributed by atoms with Crippen LogP contribution in [0.25, 0.3) is 26.4 Å². The molecule has 13 nitrogen and oxygen atoms in total. The van der Waals surface area contributed by atoms with Gasteiger partial charge in [0.25, 0.3) is 0 Å². The van der Waals surface area contributed by atoms with Gasteiger partial charge in [0.2, 0.25) is 0 Å². The number of ether oxygens (including phenoxy) is 3. The zero-order valence-electron chi connectivity index (χ0n) is 26.1. The third-order valence-electron chi connectivity index (χ3n) is 5.07. The van der Waals surface area contributed by atoms with Crippen molar-refractivity contribution in [2.24, 2.45) is 5.11 Å².